The fraction of sp³-hybridized carbons (Fsp3) is 0.278. The van der Waals surface area contributed by atoms with E-state index >= 15 is 0 Å². The van der Waals surface area contributed by atoms with Gasteiger partial charge in [0, 0.05) is 23.2 Å². The van der Waals surface area contributed by atoms with Crippen LogP contribution in [0.2, 0.25) is 0 Å². The zero-order chi connectivity index (χ0) is 15.1. The fourth-order valence-corrected chi connectivity index (χ4v) is 3.88. The molecule has 0 aliphatic heterocycles. The summed E-state index contributed by atoms with van der Waals surface area (Å²) in [5.41, 5.74) is 4.82. The highest BCUT2D eigenvalue weighted by atomic mass is 32.1. The molecule has 0 atom stereocenters. The molecule has 1 aromatic carbocycles. The van der Waals surface area contributed by atoms with Gasteiger partial charge in [-0.25, -0.2) is 0 Å². The Labute approximate surface area is 128 Å². The van der Waals surface area contributed by atoms with Crippen LogP contribution in [0.5, 0.6) is 0 Å². The Bertz CT molecular complexity index is 869. The van der Waals surface area contributed by atoms with E-state index in [0.717, 1.165) is 28.0 Å². The van der Waals surface area contributed by atoms with E-state index in [1.54, 1.807) is 17.4 Å². The first-order chi connectivity index (χ1) is 9.97. The molecule has 0 aliphatic carbocycles. The van der Waals surface area contributed by atoms with Gasteiger partial charge in [0.05, 0.1) is 5.39 Å². The number of fused-ring (bicyclic) bond motifs is 1. The van der Waals surface area contributed by atoms with Crippen molar-refractivity contribution in [2.75, 3.05) is 0 Å². The van der Waals surface area contributed by atoms with Crippen LogP contribution in [0.15, 0.2) is 35.1 Å². The number of hydrogen-bond donors (Lipinski definition) is 0. The molecule has 0 spiro atoms. The van der Waals surface area contributed by atoms with Gasteiger partial charge in [0.1, 0.15) is 4.83 Å². The SMILES string of the molecule is Cc1ccc(Cn2c(C)cc(=O)c3c(C)c(C)sc32)cc1. The van der Waals surface area contributed by atoms with E-state index < -0.39 is 0 Å². The lowest BCUT2D eigenvalue weighted by atomic mass is 10.1. The van der Waals surface area contributed by atoms with E-state index in [9.17, 15) is 4.79 Å². The number of pyridine rings is 1. The summed E-state index contributed by atoms with van der Waals surface area (Å²) >= 11 is 1.72. The zero-order valence-electron chi connectivity index (χ0n) is 12.9. The van der Waals surface area contributed by atoms with Crippen LogP contribution in [0, 0.1) is 27.7 Å². The summed E-state index contributed by atoms with van der Waals surface area (Å²) in [5, 5.41) is 0.884. The van der Waals surface area contributed by atoms with Gasteiger partial charge in [-0.3, -0.25) is 4.79 Å². The number of rotatable bonds is 2. The monoisotopic (exact) mass is 297 g/mol. The summed E-state index contributed by atoms with van der Waals surface area (Å²) in [6.07, 6.45) is 0. The van der Waals surface area contributed by atoms with Gasteiger partial charge in [-0.05, 0) is 38.8 Å². The van der Waals surface area contributed by atoms with E-state index in [2.05, 4.69) is 42.7 Å². The molecule has 0 fully saturated rings. The Hall–Kier alpha value is -1.87. The van der Waals surface area contributed by atoms with E-state index in [0.29, 0.717) is 0 Å². The molecule has 3 aromatic rings. The largest absolute Gasteiger partial charge is 0.332 e. The molecule has 21 heavy (non-hydrogen) atoms. The van der Waals surface area contributed by atoms with Gasteiger partial charge in [-0.2, -0.15) is 0 Å². The van der Waals surface area contributed by atoms with Crippen molar-refractivity contribution in [3.05, 3.63) is 67.8 Å². The molecule has 2 aromatic heterocycles. The molecule has 0 radical (unpaired) electrons. The van der Waals surface area contributed by atoms with Gasteiger partial charge in [0.25, 0.3) is 0 Å². The topological polar surface area (TPSA) is 22.0 Å². The Balaban J connectivity index is 2.20. The van der Waals surface area contributed by atoms with Crippen LogP contribution < -0.4 is 5.43 Å². The second-order valence-corrected chi connectivity index (χ2v) is 6.89. The molecule has 0 saturated heterocycles. The maximum atomic E-state index is 12.3. The summed E-state index contributed by atoms with van der Waals surface area (Å²) in [6, 6.07) is 10.3. The summed E-state index contributed by atoms with van der Waals surface area (Å²) in [6.45, 7) is 9.05. The highest BCUT2D eigenvalue weighted by Gasteiger charge is 2.13. The summed E-state index contributed by atoms with van der Waals surface area (Å²) in [4.78, 5) is 14.6. The van der Waals surface area contributed by atoms with Crippen LogP contribution in [0.25, 0.3) is 10.2 Å². The molecular weight excluding hydrogens is 278 g/mol. The lowest BCUT2D eigenvalue weighted by molar-refractivity contribution is 0.798. The Morgan fingerprint density at radius 3 is 2.38 bits per heavy atom. The normalized spacial score (nSPS) is 11.2. The maximum absolute atomic E-state index is 12.3. The van der Waals surface area contributed by atoms with Gasteiger partial charge in [0.15, 0.2) is 5.43 Å². The summed E-state index contributed by atoms with van der Waals surface area (Å²) in [7, 11) is 0. The van der Waals surface area contributed by atoms with Crippen molar-refractivity contribution in [2.45, 2.75) is 34.2 Å². The predicted molar refractivity (Wildman–Crippen MR) is 90.6 cm³/mol. The smallest absolute Gasteiger partial charge is 0.190 e. The Morgan fingerprint density at radius 2 is 1.71 bits per heavy atom. The first-order valence-corrected chi connectivity index (χ1v) is 7.94. The number of nitrogens with zero attached hydrogens (tertiary/aromatic N) is 1. The first kappa shape index (κ1) is 14.1. The number of hydrogen-bond acceptors (Lipinski definition) is 2. The quantitative estimate of drug-likeness (QED) is 0.689. The molecule has 0 bridgehead atoms. The lowest BCUT2D eigenvalue weighted by Crippen LogP contribution is -2.11. The molecule has 0 saturated carbocycles. The predicted octanol–water partition coefficient (Wildman–Crippen LogP) is 4.34. The van der Waals surface area contributed by atoms with Gasteiger partial charge in [-0.1, -0.05) is 29.8 Å². The molecule has 0 N–H and O–H groups in total. The Morgan fingerprint density at radius 1 is 1.05 bits per heavy atom. The second-order valence-electron chi connectivity index (χ2n) is 5.69. The third-order valence-corrected chi connectivity index (χ3v) is 5.32. The first-order valence-electron chi connectivity index (χ1n) is 7.13. The molecule has 0 unspecified atom stereocenters. The maximum Gasteiger partial charge on any atom is 0.190 e. The van der Waals surface area contributed by atoms with E-state index in [4.69, 9.17) is 0 Å². The van der Waals surface area contributed by atoms with Crippen LogP contribution in [-0.2, 0) is 6.54 Å². The zero-order valence-corrected chi connectivity index (χ0v) is 13.7. The third-order valence-electron chi connectivity index (χ3n) is 4.09. The molecule has 3 heteroatoms. The van der Waals surface area contributed by atoms with Gasteiger partial charge in [0.2, 0.25) is 0 Å². The van der Waals surface area contributed by atoms with Crippen molar-refractivity contribution < 1.29 is 0 Å². The summed E-state index contributed by atoms with van der Waals surface area (Å²) < 4.78 is 2.26. The van der Waals surface area contributed by atoms with E-state index in [1.165, 1.54) is 16.0 Å². The second kappa shape index (κ2) is 5.15. The highest BCUT2D eigenvalue weighted by Crippen LogP contribution is 2.29. The van der Waals surface area contributed by atoms with Crippen molar-refractivity contribution in [2.24, 2.45) is 0 Å². The van der Waals surface area contributed by atoms with E-state index in [1.807, 2.05) is 13.8 Å². The number of aryl methyl sites for hydroxylation is 4. The molecular formula is C18H19NOS. The minimum atomic E-state index is 0.143. The van der Waals surface area contributed by atoms with Crippen LogP contribution >= 0.6 is 11.3 Å². The minimum absolute atomic E-state index is 0.143. The van der Waals surface area contributed by atoms with Gasteiger partial charge >= 0.3 is 0 Å². The average molecular weight is 297 g/mol. The number of benzene rings is 1. The van der Waals surface area contributed by atoms with Crippen molar-refractivity contribution in [1.82, 2.24) is 4.57 Å². The Kier molecular flexibility index (Phi) is 3.46. The molecule has 2 nitrogen and oxygen atoms in total. The van der Waals surface area contributed by atoms with E-state index in [-0.39, 0.29) is 5.43 Å². The van der Waals surface area contributed by atoms with Crippen LogP contribution in [-0.4, -0.2) is 4.57 Å². The van der Waals surface area contributed by atoms with Crippen molar-refractivity contribution in [3.63, 3.8) is 0 Å². The molecule has 0 amide bonds. The average Bonchev–Trinajstić information content (AvgIpc) is 2.73. The fourth-order valence-electron chi connectivity index (χ4n) is 2.66. The number of aromatic nitrogens is 1. The minimum Gasteiger partial charge on any atom is -0.332 e. The van der Waals surface area contributed by atoms with Crippen LogP contribution in [0.3, 0.4) is 0 Å². The molecule has 0 aliphatic rings. The number of thiophene rings is 1. The van der Waals surface area contributed by atoms with Gasteiger partial charge in [-0.15, -0.1) is 11.3 Å². The standard InChI is InChI=1S/C18H19NOS/c1-11-5-7-15(8-6-11)10-19-12(2)9-16(20)17-13(3)14(4)21-18(17)19/h5-9H,10H2,1-4H3. The van der Waals surface area contributed by atoms with Crippen molar-refractivity contribution in [1.29, 1.82) is 0 Å². The van der Waals surface area contributed by atoms with Crippen LogP contribution in [0.1, 0.15) is 27.3 Å². The van der Waals surface area contributed by atoms with Crippen LogP contribution in [0.4, 0.5) is 0 Å². The lowest BCUT2D eigenvalue weighted by Gasteiger charge is -2.12. The summed E-state index contributed by atoms with van der Waals surface area (Å²) in [5.74, 6) is 0. The third kappa shape index (κ3) is 2.42. The molecule has 108 valence electrons. The molecule has 3 rings (SSSR count). The van der Waals surface area contributed by atoms with Gasteiger partial charge < -0.3 is 4.57 Å². The van der Waals surface area contributed by atoms with Crippen molar-refractivity contribution >= 4 is 21.6 Å². The highest BCUT2D eigenvalue weighted by molar-refractivity contribution is 7.18. The van der Waals surface area contributed by atoms with Crippen molar-refractivity contribution in [3.8, 4) is 0 Å². The molecule has 2 heterocycles.